The average Bonchev–Trinajstić information content (AvgIpc) is 3.25. The van der Waals surface area contributed by atoms with Crippen molar-refractivity contribution in [2.24, 2.45) is 10.9 Å². The van der Waals surface area contributed by atoms with Crippen LogP contribution in [0, 0.1) is 5.92 Å². The maximum Gasteiger partial charge on any atom is 0.243 e. The van der Waals surface area contributed by atoms with Crippen LogP contribution in [-0.4, -0.2) is 69.1 Å². The third kappa shape index (κ3) is 7.02. The lowest BCUT2D eigenvalue weighted by molar-refractivity contribution is -0.127. The summed E-state index contributed by atoms with van der Waals surface area (Å²) < 4.78 is 5.23. The van der Waals surface area contributed by atoms with Crippen molar-refractivity contribution in [3.63, 3.8) is 0 Å². The number of hydrogen-bond donors (Lipinski definition) is 1. The Morgan fingerprint density at radius 3 is 2.55 bits per heavy atom. The predicted octanol–water partition coefficient (Wildman–Crippen LogP) is 2.84. The van der Waals surface area contributed by atoms with Gasteiger partial charge in [-0.25, -0.2) is 4.99 Å². The van der Waals surface area contributed by atoms with Gasteiger partial charge in [-0.3, -0.25) is 4.79 Å². The molecule has 1 fully saturated rings. The maximum absolute atomic E-state index is 12.1. The van der Waals surface area contributed by atoms with E-state index in [1.165, 1.54) is 11.1 Å². The molecule has 0 radical (unpaired) electrons. The minimum Gasteiger partial charge on any atom is -0.497 e. The highest BCUT2D eigenvalue weighted by atomic mass is 16.5. The normalized spacial score (nSPS) is 16.3. The summed E-state index contributed by atoms with van der Waals surface area (Å²) in [6.07, 6.45) is 3.09. The zero-order valence-corrected chi connectivity index (χ0v) is 18.9. The third-order valence-electron chi connectivity index (χ3n) is 5.67. The molecule has 1 aliphatic heterocycles. The summed E-state index contributed by atoms with van der Waals surface area (Å²) in [6.45, 7) is 2.85. The molecule has 1 atom stereocenters. The van der Waals surface area contributed by atoms with Crippen molar-refractivity contribution in [1.82, 2.24) is 15.1 Å². The Morgan fingerprint density at radius 1 is 1.13 bits per heavy atom. The predicted molar refractivity (Wildman–Crippen MR) is 126 cm³/mol. The van der Waals surface area contributed by atoms with Crippen LogP contribution in [0.4, 0.5) is 0 Å². The van der Waals surface area contributed by atoms with Crippen LogP contribution in [0.2, 0.25) is 0 Å². The molecule has 2 aromatic carbocycles. The quantitative estimate of drug-likeness (QED) is 0.525. The van der Waals surface area contributed by atoms with Crippen LogP contribution in [0.25, 0.3) is 0 Å². The van der Waals surface area contributed by atoms with Gasteiger partial charge >= 0.3 is 0 Å². The van der Waals surface area contributed by atoms with E-state index in [4.69, 9.17) is 4.74 Å². The Balaban J connectivity index is 1.59. The smallest absolute Gasteiger partial charge is 0.243 e. The second-order valence-electron chi connectivity index (χ2n) is 8.24. The first-order valence-electron chi connectivity index (χ1n) is 11.0. The zero-order valence-electron chi connectivity index (χ0n) is 18.9. The molecule has 1 N–H and O–H groups in total. The molecule has 0 aromatic heterocycles. The number of hydrogen-bond acceptors (Lipinski definition) is 3. The first-order chi connectivity index (χ1) is 15.0. The molecular weight excluding hydrogens is 388 g/mol. The Labute approximate surface area is 185 Å². The molecule has 6 heteroatoms. The monoisotopic (exact) mass is 422 g/mol. The fourth-order valence-electron chi connectivity index (χ4n) is 3.80. The van der Waals surface area contributed by atoms with Crippen molar-refractivity contribution in [2.75, 3.05) is 47.4 Å². The molecule has 0 bridgehead atoms. The highest BCUT2D eigenvalue weighted by Crippen LogP contribution is 2.21. The number of nitrogens with zero attached hydrogens (tertiary/aromatic N) is 3. The Kier molecular flexibility index (Phi) is 8.33. The topological polar surface area (TPSA) is 57.2 Å². The SMILES string of the molecule is COc1ccc(CCNC(=NCC(=O)N(C)C)N2CCC(Cc3ccccc3)C2)cc1. The summed E-state index contributed by atoms with van der Waals surface area (Å²) >= 11 is 0. The average molecular weight is 423 g/mol. The van der Waals surface area contributed by atoms with E-state index in [2.05, 4.69) is 57.7 Å². The number of nitrogens with one attached hydrogen (secondary N) is 1. The lowest BCUT2D eigenvalue weighted by atomic mass is 9.99. The van der Waals surface area contributed by atoms with Crippen LogP contribution in [-0.2, 0) is 17.6 Å². The van der Waals surface area contributed by atoms with Crippen LogP contribution in [0.5, 0.6) is 5.75 Å². The van der Waals surface area contributed by atoms with E-state index in [1.807, 2.05) is 12.1 Å². The third-order valence-corrected chi connectivity index (χ3v) is 5.67. The number of amides is 1. The highest BCUT2D eigenvalue weighted by molar-refractivity contribution is 5.85. The molecule has 2 aromatic rings. The number of likely N-dealkylation sites (N-methyl/N-ethyl adjacent to an activating group) is 1. The fourth-order valence-corrected chi connectivity index (χ4v) is 3.80. The number of aliphatic imine (C=N–C) groups is 1. The van der Waals surface area contributed by atoms with Gasteiger partial charge in [-0.15, -0.1) is 0 Å². The van der Waals surface area contributed by atoms with Crippen molar-refractivity contribution in [1.29, 1.82) is 0 Å². The van der Waals surface area contributed by atoms with Crippen molar-refractivity contribution >= 4 is 11.9 Å². The van der Waals surface area contributed by atoms with Gasteiger partial charge in [0.15, 0.2) is 5.96 Å². The molecule has 1 unspecified atom stereocenters. The number of benzene rings is 2. The molecule has 0 spiro atoms. The van der Waals surface area contributed by atoms with E-state index in [9.17, 15) is 4.79 Å². The van der Waals surface area contributed by atoms with E-state index >= 15 is 0 Å². The minimum atomic E-state index is 0.00878. The first kappa shape index (κ1) is 22.7. The highest BCUT2D eigenvalue weighted by Gasteiger charge is 2.25. The van der Waals surface area contributed by atoms with Crippen LogP contribution in [0.1, 0.15) is 17.5 Å². The Hall–Kier alpha value is -3.02. The summed E-state index contributed by atoms with van der Waals surface area (Å²) in [4.78, 5) is 20.6. The van der Waals surface area contributed by atoms with Gasteiger partial charge in [0.2, 0.25) is 5.91 Å². The number of rotatable bonds is 8. The number of guanidine groups is 1. The molecule has 1 amide bonds. The Bertz CT molecular complexity index is 850. The molecule has 0 saturated carbocycles. The second kappa shape index (κ2) is 11.4. The lowest BCUT2D eigenvalue weighted by Crippen LogP contribution is -2.42. The summed E-state index contributed by atoms with van der Waals surface area (Å²) in [5, 5.41) is 3.49. The van der Waals surface area contributed by atoms with Gasteiger partial charge in [0.05, 0.1) is 7.11 Å². The van der Waals surface area contributed by atoms with Crippen LogP contribution in [0.15, 0.2) is 59.6 Å². The van der Waals surface area contributed by atoms with E-state index in [0.29, 0.717) is 5.92 Å². The molecule has 166 valence electrons. The van der Waals surface area contributed by atoms with Crippen molar-refractivity contribution in [3.05, 3.63) is 65.7 Å². The van der Waals surface area contributed by atoms with Gasteiger partial charge in [-0.1, -0.05) is 42.5 Å². The Morgan fingerprint density at radius 2 is 1.87 bits per heavy atom. The summed E-state index contributed by atoms with van der Waals surface area (Å²) in [7, 11) is 5.20. The zero-order chi connectivity index (χ0) is 22.1. The molecule has 1 saturated heterocycles. The van der Waals surface area contributed by atoms with Crippen molar-refractivity contribution in [2.45, 2.75) is 19.3 Å². The molecule has 0 aliphatic carbocycles. The van der Waals surface area contributed by atoms with E-state index < -0.39 is 0 Å². The maximum atomic E-state index is 12.1. The van der Waals surface area contributed by atoms with Crippen LogP contribution in [0.3, 0.4) is 0 Å². The van der Waals surface area contributed by atoms with Crippen LogP contribution >= 0.6 is 0 Å². The first-order valence-corrected chi connectivity index (χ1v) is 11.0. The fraction of sp³-hybridized carbons (Fsp3) is 0.440. The van der Waals surface area contributed by atoms with Gasteiger partial charge in [0, 0.05) is 33.7 Å². The number of likely N-dealkylation sites (tertiary alicyclic amines) is 1. The van der Waals surface area contributed by atoms with Gasteiger partial charge < -0.3 is 19.9 Å². The molecule has 3 rings (SSSR count). The van der Waals surface area contributed by atoms with E-state index in [1.54, 1.807) is 26.1 Å². The number of methoxy groups -OCH3 is 1. The molecule has 6 nitrogen and oxygen atoms in total. The van der Waals surface area contributed by atoms with Crippen molar-refractivity contribution in [3.8, 4) is 5.75 Å². The van der Waals surface area contributed by atoms with Gasteiger partial charge in [-0.05, 0) is 48.4 Å². The molecule has 31 heavy (non-hydrogen) atoms. The van der Waals surface area contributed by atoms with Gasteiger partial charge in [0.1, 0.15) is 12.3 Å². The lowest BCUT2D eigenvalue weighted by Gasteiger charge is -2.22. The second-order valence-corrected chi connectivity index (χ2v) is 8.24. The van der Waals surface area contributed by atoms with E-state index in [-0.39, 0.29) is 12.5 Å². The standard InChI is InChI=1S/C25H34N4O2/c1-28(2)24(30)18-27-25(26-15-13-20-9-11-23(31-3)12-10-20)29-16-14-22(19-29)17-21-7-5-4-6-8-21/h4-12,22H,13-19H2,1-3H3,(H,26,27). The number of ether oxygens (including phenoxy) is 1. The molecule has 1 aliphatic rings. The summed E-state index contributed by atoms with van der Waals surface area (Å²) in [6, 6.07) is 18.8. The van der Waals surface area contributed by atoms with E-state index in [0.717, 1.165) is 50.6 Å². The summed E-state index contributed by atoms with van der Waals surface area (Å²) in [5.41, 5.74) is 2.61. The largest absolute Gasteiger partial charge is 0.497 e. The molecular formula is C25H34N4O2. The number of carbonyl (C=O) groups excluding carboxylic acids is 1. The molecule has 1 heterocycles. The number of carbonyl (C=O) groups is 1. The minimum absolute atomic E-state index is 0.00878. The van der Waals surface area contributed by atoms with Crippen molar-refractivity contribution < 1.29 is 9.53 Å². The van der Waals surface area contributed by atoms with Crippen LogP contribution < -0.4 is 10.1 Å². The van der Waals surface area contributed by atoms with Gasteiger partial charge in [0.25, 0.3) is 0 Å². The van der Waals surface area contributed by atoms with Gasteiger partial charge in [-0.2, -0.15) is 0 Å². The summed E-state index contributed by atoms with van der Waals surface area (Å²) in [5.74, 6) is 2.30.